The molecule has 48 heavy (non-hydrogen) atoms. The molecule has 0 spiro atoms. The van der Waals surface area contributed by atoms with Gasteiger partial charge < -0.3 is 24.0 Å². The van der Waals surface area contributed by atoms with Gasteiger partial charge in [0.15, 0.2) is 5.65 Å². The number of nitrogens with zero attached hydrogens (tertiary/aromatic N) is 5. The molecule has 1 aliphatic carbocycles. The zero-order valence-electron chi connectivity index (χ0n) is 31.9. The Kier molecular flexibility index (Phi) is 14.0. The number of hydrogen-bond donors (Lipinski definition) is 0. The Balaban J connectivity index is 1.70. The first-order valence-corrected chi connectivity index (χ1v) is 26.3. The summed E-state index contributed by atoms with van der Waals surface area (Å²) in [6.45, 7) is 23.3. The Hall–Kier alpha value is -1.96. The minimum absolute atomic E-state index is 0.0389. The summed E-state index contributed by atoms with van der Waals surface area (Å²) in [5, 5.41) is 4.72. The molecule has 2 aliphatic heterocycles. The van der Waals surface area contributed by atoms with E-state index in [1.165, 1.54) is 32.1 Å². The summed E-state index contributed by atoms with van der Waals surface area (Å²) in [6, 6.07) is 6.47. The van der Waals surface area contributed by atoms with Crippen molar-refractivity contribution in [1.29, 1.82) is 0 Å². The predicted octanol–water partition coefficient (Wildman–Crippen LogP) is 9.39. The summed E-state index contributed by atoms with van der Waals surface area (Å²) >= 11 is 0. The quantitative estimate of drug-likeness (QED) is 0.124. The second-order valence-corrected chi connectivity index (χ2v) is 29.1. The fourth-order valence-electron chi connectivity index (χ4n) is 6.94. The minimum atomic E-state index is -1.23. The molecule has 2 bridgehead atoms. The number of aromatic nitrogens is 3. The monoisotopic (exact) mass is 701 g/mol. The molecule has 272 valence electrons. The standard InChI is InChI=1S/C37H67N5O4Si2/c1-37(2,3)46-36(43)41-21-15-13-11-10-12-14-16-30-17-18-33(41)31(26-30)32-27-35(42-34(39-32)19-20-38-42)40(28-44-22-24-47(4,5)6)29-45-23-25-48(7,8)9/h19-20,27,30-31,33H,10-18,21-26,28-29H2,1-9H3. The van der Waals surface area contributed by atoms with E-state index >= 15 is 0 Å². The fraction of sp³-hybridized carbons (Fsp3) is 0.811. The average Bonchev–Trinajstić information content (AvgIpc) is 3.47. The van der Waals surface area contributed by atoms with Crippen LogP contribution in [0.15, 0.2) is 18.3 Å². The molecule has 3 fully saturated rings. The Morgan fingerprint density at radius 2 is 1.52 bits per heavy atom. The van der Waals surface area contributed by atoms with Crippen molar-refractivity contribution < 1.29 is 19.0 Å². The number of carbonyl (C=O) groups is 1. The lowest BCUT2D eigenvalue weighted by molar-refractivity contribution is 0.00605. The van der Waals surface area contributed by atoms with Crippen molar-refractivity contribution in [2.45, 2.75) is 154 Å². The normalized spacial score (nSPS) is 21.9. The van der Waals surface area contributed by atoms with Gasteiger partial charge in [0.05, 0.1) is 11.9 Å². The average molecular weight is 702 g/mol. The van der Waals surface area contributed by atoms with Crippen molar-refractivity contribution in [2.75, 3.05) is 38.1 Å². The Labute approximate surface area is 293 Å². The molecule has 0 aromatic carbocycles. The van der Waals surface area contributed by atoms with Crippen LogP contribution in [0.1, 0.15) is 96.6 Å². The third kappa shape index (κ3) is 12.4. The first-order chi connectivity index (χ1) is 22.6. The number of carbonyl (C=O) groups excluding carboxylic acids is 1. The minimum Gasteiger partial charge on any atom is -0.444 e. The zero-order chi connectivity index (χ0) is 35.0. The van der Waals surface area contributed by atoms with Gasteiger partial charge in [-0.3, -0.25) is 0 Å². The maximum atomic E-state index is 13.9. The Morgan fingerprint density at radius 1 is 0.896 bits per heavy atom. The van der Waals surface area contributed by atoms with Gasteiger partial charge in [0, 0.05) is 60.0 Å². The van der Waals surface area contributed by atoms with Crippen molar-refractivity contribution in [3.63, 3.8) is 0 Å². The Bertz CT molecular complexity index is 1260. The lowest BCUT2D eigenvalue weighted by Gasteiger charge is -2.43. The van der Waals surface area contributed by atoms with E-state index in [2.05, 4.69) is 55.1 Å². The number of rotatable bonds is 12. The van der Waals surface area contributed by atoms with Crippen LogP contribution >= 0.6 is 0 Å². The second-order valence-electron chi connectivity index (χ2n) is 17.8. The molecule has 0 radical (unpaired) electrons. The molecule has 5 rings (SSSR count). The van der Waals surface area contributed by atoms with E-state index in [1.807, 2.05) is 37.5 Å². The lowest BCUT2D eigenvalue weighted by atomic mass is 9.74. The number of fused-ring (bicyclic) bond motifs is 11. The number of anilines is 1. The first-order valence-electron chi connectivity index (χ1n) is 18.8. The van der Waals surface area contributed by atoms with Crippen LogP contribution in [0.2, 0.25) is 51.4 Å². The summed E-state index contributed by atoms with van der Waals surface area (Å²) in [4.78, 5) is 23.4. The molecule has 1 amide bonds. The lowest BCUT2D eigenvalue weighted by Crippen LogP contribution is -2.48. The van der Waals surface area contributed by atoms with E-state index in [0.717, 1.165) is 81.1 Å². The molecule has 3 atom stereocenters. The van der Waals surface area contributed by atoms with Gasteiger partial charge in [0.2, 0.25) is 0 Å². The highest BCUT2D eigenvalue weighted by Gasteiger charge is 2.40. The van der Waals surface area contributed by atoms with Crippen molar-refractivity contribution in [1.82, 2.24) is 19.5 Å². The molecular weight excluding hydrogens is 635 g/mol. The van der Waals surface area contributed by atoms with Crippen LogP contribution in [0.4, 0.5) is 10.6 Å². The van der Waals surface area contributed by atoms with E-state index < -0.39 is 21.7 Å². The third-order valence-corrected chi connectivity index (χ3v) is 13.2. The molecule has 2 saturated heterocycles. The van der Waals surface area contributed by atoms with Crippen LogP contribution in [0.5, 0.6) is 0 Å². The van der Waals surface area contributed by atoms with Gasteiger partial charge in [-0.15, -0.1) is 0 Å². The van der Waals surface area contributed by atoms with Crippen LogP contribution < -0.4 is 4.90 Å². The molecule has 9 nitrogen and oxygen atoms in total. The zero-order valence-corrected chi connectivity index (χ0v) is 33.9. The summed E-state index contributed by atoms with van der Waals surface area (Å²) < 4.78 is 20.7. The first kappa shape index (κ1) is 38.8. The number of ether oxygens (including phenoxy) is 3. The van der Waals surface area contributed by atoms with Gasteiger partial charge in [0.25, 0.3) is 0 Å². The van der Waals surface area contributed by atoms with Gasteiger partial charge in [-0.05, 0) is 64.5 Å². The Morgan fingerprint density at radius 3 is 2.15 bits per heavy atom. The smallest absolute Gasteiger partial charge is 0.410 e. The van der Waals surface area contributed by atoms with Crippen molar-refractivity contribution in [2.24, 2.45) is 5.92 Å². The second kappa shape index (κ2) is 17.3. The molecule has 1 saturated carbocycles. The molecule has 0 N–H and O–H groups in total. The van der Waals surface area contributed by atoms with Gasteiger partial charge in [0.1, 0.15) is 24.9 Å². The molecule has 2 aromatic heterocycles. The van der Waals surface area contributed by atoms with E-state index in [4.69, 9.17) is 24.3 Å². The highest BCUT2D eigenvalue weighted by molar-refractivity contribution is 6.76. The van der Waals surface area contributed by atoms with E-state index in [9.17, 15) is 4.79 Å². The van der Waals surface area contributed by atoms with Crippen molar-refractivity contribution in [3.8, 4) is 0 Å². The highest BCUT2D eigenvalue weighted by Crippen LogP contribution is 2.42. The largest absolute Gasteiger partial charge is 0.444 e. The van der Waals surface area contributed by atoms with E-state index in [-0.39, 0.29) is 18.1 Å². The molecule has 3 unspecified atom stereocenters. The topological polar surface area (TPSA) is 81.4 Å². The molecule has 4 heterocycles. The molecular formula is C37H67N5O4Si2. The van der Waals surface area contributed by atoms with Crippen LogP contribution in [-0.2, 0) is 14.2 Å². The summed E-state index contributed by atoms with van der Waals surface area (Å²) in [5.41, 5.74) is 1.31. The van der Waals surface area contributed by atoms with E-state index in [1.54, 1.807) is 0 Å². The maximum absolute atomic E-state index is 13.9. The molecule has 2 aromatic rings. The van der Waals surface area contributed by atoms with Crippen LogP contribution in [-0.4, -0.2) is 86.6 Å². The highest BCUT2D eigenvalue weighted by atomic mass is 28.3. The van der Waals surface area contributed by atoms with Gasteiger partial charge in [-0.25, -0.2) is 9.78 Å². The summed E-state index contributed by atoms with van der Waals surface area (Å²) in [5.74, 6) is 1.67. The van der Waals surface area contributed by atoms with Crippen molar-refractivity contribution in [3.05, 3.63) is 24.0 Å². The van der Waals surface area contributed by atoms with Crippen LogP contribution in [0.3, 0.4) is 0 Å². The van der Waals surface area contributed by atoms with Gasteiger partial charge in [-0.2, -0.15) is 9.61 Å². The summed E-state index contributed by atoms with van der Waals surface area (Å²) in [6.07, 6.45) is 13.3. The predicted molar refractivity (Wildman–Crippen MR) is 203 cm³/mol. The molecule has 3 aliphatic rings. The maximum Gasteiger partial charge on any atom is 0.410 e. The van der Waals surface area contributed by atoms with Gasteiger partial charge >= 0.3 is 6.09 Å². The van der Waals surface area contributed by atoms with E-state index in [0.29, 0.717) is 19.4 Å². The third-order valence-electron chi connectivity index (χ3n) is 9.76. The van der Waals surface area contributed by atoms with Crippen molar-refractivity contribution >= 4 is 33.7 Å². The van der Waals surface area contributed by atoms with Crippen LogP contribution in [0.25, 0.3) is 5.65 Å². The fourth-order valence-corrected chi connectivity index (χ4v) is 8.45. The number of hydrogen-bond acceptors (Lipinski definition) is 7. The van der Waals surface area contributed by atoms with Gasteiger partial charge in [-0.1, -0.05) is 77.8 Å². The molecule has 11 heteroatoms. The SMILES string of the molecule is CC(C)(C)OC(=O)N1CCCCCCCCC2CCC1C(c1cc(N(COCC[Si](C)(C)C)COCC[Si](C)(C)C)n3nccc3n1)C2. The van der Waals surface area contributed by atoms with Crippen LogP contribution in [0, 0.1) is 5.92 Å². The summed E-state index contributed by atoms with van der Waals surface area (Å²) in [7, 11) is -2.46. The number of amides is 1.